The summed E-state index contributed by atoms with van der Waals surface area (Å²) in [6, 6.07) is 12.1. The van der Waals surface area contributed by atoms with E-state index in [0.717, 1.165) is 17.4 Å². The maximum Gasteiger partial charge on any atom is 0.422 e. The lowest BCUT2D eigenvalue weighted by atomic mass is 9.90. The molecule has 1 aliphatic heterocycles. The van der Waals surface area contributed by atoms with Gasteiger partial charge >= 0.3 is 6.18 Å². The molecule has 0 spiro atoms. The summed E-state index contributed by atoms with van der Waals surface area (Å²) in [7, 11) is -1.43. The summed E-state index contributed by atoms with van der Waals surface area (Å²) in [5, 5.41) is 0. The second kappa shape index (κ2) is 7.50. The van der Waals surface area contributed by atoms with Crippen molar-refractivity contribution in [3.63, 3.8) is 0 Å². The molecule has 0 saturated heterocycles. The average Bonchev–Trinajstić information content (AvgIpc) is 2.57. The van der Waals surface area contributed by atoms with E-state index in [4.69, 9.17) is 4.74 Å². The fraction of sp³-hybridized carbons (Fsp3) is 0.300. The molecular weight excluding hydrogens is 391 g/mol. The predicted molar refractivity (Wildman–Crippen MR) is 102 cm³/mol. The Balaban J connectivity index is 2.11. The van der Waals surface area contributed by atoms with Crippen LogP contribution in [0.3, 0.4) is 0 Å². The van der Waals surface area contributed by atoms with E-state index in [-0.39, 0.29) is 11.5 Å². The van der Waals surface area contributed by atoms with Crippen molar-refractivity contribution in [3.05, 3.63) is 70.9 Å². The number of benzene rings is 2. The number of hydrogen-bond acceptors (Lipinski definition) is 4. The quantitative estimate of drug-likeness (QED) is 0.746. The third kappa shape index (κ3) is 5.07. The number of sulfone groups is 1. The number of fused-ring (bicyclic) bond motifs is 1. The maximum absolute atomic E-state index is 12.7. The van der Waals surface area contributed by atoms with E-state index >= 15 is 0 Å². The van der Waals surface area contributed by atoms with Crippen molar-refractivity contribution < 1.29 is 26.3 Å². The van der Waals surface area contributed by atoms with Crippen LogP contribution in [-0.2, 0) is 22.1 Å². The number of alkyl halides is 3. The third-order valence-corrected chi connectivity index (χ3v) is 5.09. The molecule has 0 atom stereocenters. The monoisotopic (exact) mass is 411 g/mol. The summed E-state index contributed by atoms with van der Waals surface area (Å²) in [5.41, 5.74) is 3.52. The van der Waals surface area contributed by atoms with Gasteiger partial charge in [-0.1, -0.05) is 30.3 Å². The Hall–Kier alpha value is -2.48. The van der Waals surface area contributed by atoms with Gasteiger partial charge in [-0.05, 0) is 28.8 Å². The molecule has 8 heteroatoms. The van der Waals surface area contributed by atoms with Gasteiger partial charge in [-0.3, -0.25) is 0 Å². The molecule has 150 valence electrons. The Morgan fingerprint density at radius 3 is 2.50 bits per heavy atom. The van der Waals surface area contributed by atoms with Crippen LogP contribution in [0.15, 0.2) is 48.7 Å². The number of rotatable bonds is 5. The fourth-order valence-electron chi connectivity index (χ4n) is 3.21. The van der Waals surface area contributed by atoms with Crippen molar-refractivity contribution >= 4 is 15.4 Å². The van der Waals surface area contributed by atoms with Crippen molar-refractivity contribution in [1.29, 1.82) is 0 Å². The molecule has 0 fully saturated rings. The molecule has 0 unspecified atom stereocenters. The van der Waals surface area contributed by atoms with Crippen LogP contribution in [0.2, 0.25) is 0 Å². The smallest absolute Gasteiger partial charge is 0.422 e. The number of nitrogens with zero attached hydrogens (tertiary/aromatic N) is 1. The molecule has 1 heterocycles. The molecule has 0 aliphatic carbocycles. The van der Waals surface area contributed by atoms with E-state index in [9.17, 15) is 21.6 Å². The topological polar surface area (TPSA) is 46.6 Å². The first-order chi connectivity index (χ1) is 13.0. The lowest BCUT2D eigenvalue weighted by Gasteiger charge is -2.27. The van der Waals surface area contributed by atoms with Crippen LogP contribution in [0.1, 0.15) is 22.3 Å². The summed E-state index contributed by atoms with van der Waals surface area (Å²) in [6.45, 7) is -0.752. The Labute approximate surface area is 162 Å². The lowest BCUT2D eigenvalue weighted by Crippen LogP contribution is -2.21. The van der Waals surface area contributed by atoms with Gasteiger partial charge in [-0.2, -0.15) is 13.2 Å². The summed E-state index contributed by atoms with van der Waals surface area (Å²) >= 11 is 0. The highest BCUT2D eigenvalue weighted by Crippen LogP contribution is 2.37. The highest BCUT2D eigenvalue weighted by molar-refractivity contribution is 7.89. The van der Waals surface area contributed by atoms with E-state index < -0.39 is 22.6 Å². The van der Waals surface area contributed by atoms with E-state index in [1.807, 2.05) is 42.4 Å². The van der Waals surface area contributed by atoms with Crippen LogP contribution in [0, 0.1) is 0 Å². The molecule has 1 aliphatic rings. The molecule has 0 N–H and O–H groups in total. The first kappa shape index (κ1) is 20.3. The second-order valence-corrected chi connectivity index (χ2v) is 9.06. The zero-order valence-electron chi connectivity index (χ0n) is 15.5. The van der Waals surface area contributed by atoms with Gasteiger partial charge in [-0.15, -0.1) is 0 Å². The molecule has 3 rings (SSSR count). The van der Waals surface area contributed by atoms with Gasteiger partial charge in [0.05, 0.1) is 5.75 Å². The van der Waals surface area contributed by atoms with Crippen LogP contribution in [-0.4, -0.2) is 39.4 Å². The Morgan fingerprint density at radius 1 is 1.11 bits per heavy atom. The van der Waals surface area contributed by atoms with Gasteiger partial charge in [0, 0.05) is 37.2 Å². The summed E-state index contributed by atoms with van der Waals surface area (Å²) in [4.78, 5) is 1.93. The fourth-order valence-corrected chi connectivity index (χ4v) is 3.99. The third-order valence-electron chi connectivity index (χ3n) is 4.23. The molecule has 0 aromatic heterocycles. The zero-order chi connectivity index (χ0) is 20.5. The van der Waals surface area contributed by atoms with Gasteiger partial charge in [0.25, 0.3) is 0 Å². The molecule has 28 heavy (non-hydrogen) atoms. The van der Waals surface area contributed by atoms with Gasteiger partial charge < -0.3 is 9.64 Å². The van der Waals surface area contributed by atoms with E-state index in [2.05, 4.69) is 0 Å². The highest BCUT2D eigenvalue weighted by atomic mass is 32.2. The summed E-state index contributed by atoms with van der Waals surface area (Å²) in [5.74, 6) is -0.143. The minimum atomic E-state index is -4.47. The number of ether oxygens (including phenoxy) is 1. The predicted octanol–water partition coefficient (Wildman–Crippen LogP) is 4.01. The highest BCUT2D eigenvalue weighted by Gasteiger charge is 2.29. The van der Waals surface area contributed by atoms with Crippen LogP contribution in [0.5, 0.6) is 5.75 Å². The van der Waals surface area contributed by atoms with Gasteiger partial charge in [0.2, 0.25) is 0 Å². The molecule has 0 saturated carbocycles. The van der Waals surface area contributed by atoms with Crippen molar-refractivity contribution in [1.82, 2.24) is 4.90 Å². The zero-order valence-corrected chi connectivity index (χ0v) is 16.3. The normalized spacial score (nSPS) is 14.5. The first-order valence-corrected chi connectivity index (χ1v) is 10.6. The molecule has 0 bridgehead atoms. The second-order valence-electron chi connectivity index (χ2n) is 6.92. The molecule has 2 aromatic carbocycles. The molecule has 2 aromatic rings. The van der Waals surface area contributed by atoms with E-state index in [0.29, 0.717) is 23.2 Å². The van der Waals surface area contributed by atoms with Crippen molar-refractivity contribution in [2.24, 2.45) is 0 Å². The van der Waals surface area contributed by atoms with E-state index in [1.54, 1.807) is 6.07 Å². The van der Waals surface area contributed by atoms with Crippen LogP contribution in [0.4, 0.5) is 13.2 Å². The molecule has 4 nitrogen and oxygen atoms in total. The molecular formula is C20H20F3NO3S. The summed E-state index contributed by atoms with van der Waals surface area (Å²) in [6.07, 6.45) is -1.52. The Kier molecular flexibility index (Phi) is 5.43. The van der Waals surface area contributed by atoms with Crippen molar-refractivity contribution in [2.75, 3.05) is 19.9 Å². The maximum atomic E-state index is 12.7. The minimum absolute atomic E-state index is 0.0610. The van der Waals surface area contributed by atoms with Gasteiger partial charge in [0.1, 0.15) is 5.75 Å². The SMILES string of the molecule is CN1C=C(c2cc(CS(C)(=O)=O)ccc2OCC(F)(F)F)c2ccccc2C1. The molecule has 0 amide bonds. The lowest BCUT2D eigenvalue weighted by molar-refractivity contribution is -0.153. The van der Waals surface area contributed by atoms with E-state index in [1.165, 1.54) is 12.1 Å². The first-order valence-electron chi connectivity index (χ1n) is 8.53. The Bertz CT molecular complexity index is 1010. The minimum Gasteiger partial charge on any atom is -0.483 e. The number of hydrogen-bond donors (Lipinski definition) is 0. The van der Waals surface area contributed by atoms with Gasteiger partial charge in [-0.25, -0.2) is 8.42 Å². The van der Waals surface area contributed by atoms with Crippen molar-refractivity contribution in [3.8, 4) is 5.75 Å². The van der Waals surface area contributed by atoms with Crippen molar-refractivity contribution in [2.45, 2.75) is 18.5 Å². The van der Waals surface area contributed by atoms with Gasteiger partial charge in [0.15, 0.2) is 16.4 Å². The largest absolute Gasteiger partial charge is 0.483 e. The summed E-state index contributed by atoms with van der Waals surface area (Å²) < 4.78 is 66.5. The average molecular weight is 411 g/mol. The van der Waals surface area contributed by atoms with Crippen LogP contribution in [0.25, 0.3) is 5.57 Å². The Morgan fingerprint density at radius 2 is 1.82 bits per heavy atom. The molecule has 0 radical (unpaired) electrons. The standard InChI is InChI=1S/C20H20F3NO3S/c1-24-10-15-5-3-4-6-16(15)18(11-24)17-9-14(12-28(2,25)26)7-8-19(17)27-13-20(21,22)23/h3-9,11H,10,12-13H2,1-2H3. The van der Waals surface area contributed by atoms with Crippen LogP contribution >= 0.6 is 0 Å². The number of halogens is 3. The van der Waals surface area contributed by atoms with Crippen LogP contribution < -0.4 is 4.74 Å².